The first-order chi connectivity index (χ1) is 13.3. The number of amides is 1. The third-order valence-corrected chi connectivity index (χ3v) is 6.85. The third-order valence-electron chi connectivity index (χ3n) is 4.68. The fourth-order valence-corrected chi connectivity index (χ4v) is 4.58. The van der Waals surface area contributed by atoms with Gasteiger partial charge in [0, 0.05) is 31.2 Å². The second-order valence-electron chi connectivity index (χ2n) is 6.76. The van der Waals surface area contributed by atoms with Gasteiger partial charge in [0.15, 0.2) is 6.10 Å². The van der Waals surface area contributed by atoms with E-state index in [4.69, 9.17) is 16.3 Å². The summed E-state index contributed by atoms with van der Waals surface area (Å²) in [7, 11) is -3.55. The van der Waals surface area contributed by atoms with Gasteiger partial charge in [0.1, 0.15) is 5.75 Å². The molecule has 0 saturated carbocycles. The van der Waals surface area contributed by atoms with Crippen molar-refractivity contribution in [1.82, 2.24) is 9.21 Å². The Balaban J connectivity index is 1.58. The predicted octanol–water partition coefficient (Wildman–Crippen LogP) is 2.95. The Bertz CT molecular complexity index is 922. The van der Waals surface area contributed by atoms with Crippen molar-refractivity contribution in [2.75, 3.05) is 26.2 Å². The fraction of sp³-hybridized carbons (Fsp3) is 0.350. The van der Waals surface area contributed by atoms with Gasteiger partial charge in [-0.2, -0.15) is 4.31 Å². The van der Waals surface area contributed by atoms with Gasteiger partial charge in [0.2, 0.25) is 10.0 Å². The van der Waals surface area contributed by atoms with Crippen molar-refractivity contribution in [2.45, 2.75) is 24.8 Å². The van der Waals surface area contributed by atoms with Gasteiger partial charge < -0.3 is 9.64 Å². The number of hydrogen-bond acceptors (Lipinski definition) is 4. The summed E-state index contributed by atoms with van der Waals surface area (Å²) in [6.45, 7) is 4.78. The molecule has 1 aliphatic rings. The number of carbonyl (C=O) groups excluding carboxylic acids is 1. The van der Waals surface area contributed by atoms with Gasteiger partial charge in [-0.25, -0.2) is 8.42 Å². The number of piperazine rings is 1. The Morgan fingerprint density at radius 2 is 1.57 bits per heavy atom. The van der Waals surface area contributed by atoms with E-state index in [1.165, 1.54) is 4.31 Å². The lowest BCUT2D eigenvalue weighted by molar-refractivity contribution is -0.139. The van der Waals surface area contributed by atoms with Gasteiger partial charge in [0.25, 0.3) is 5.91 Å². The minimum absolute atomic E-state index is 0.165. The third kappa shape index (κ3) is 4.66. The average Bonchev–Trinajstić information content (AvgIpc) is 2.69. The first-order valence-corrected chi connectivity index (χ1v) is 10.9. The lowest BCUT2D eigenvalue weighted by Crippen LogP contribution is -2.53. The molecule has 150 valence electrons. The van der Waals surface area contributed by atoms with Crippen LogP contribution in [0, 0.1) is 6.92 Å². The molecule has 1 fully saturated rings. The zero-order valence-corrected chi connectivity index (χ0v) is 17.4. The minimum Gasteiger partial charge on any atom is -0.481 e. The van der Waals surface area contributed by atoms with Crippen molar-refractivity contribution >= 4 is 27.5 Å². The number of halogens is 1. The van der Waals surface area contributed by atoms with Crippen molar-refractivity contribution in [3.63, 3.8) is 0 Å². The Labute approximate surface area is 170 Å². The van der Waals surface area contributed by atoms with E-state index in [1.54, 1.807) is 60.4 Å². The number of rotatable bonds is 5. The topological polar surface area (TPSA) is 66.9 Å². The van der Waals surface area contributed by atoms with E-state index in [-0.39, 0.29) is 23.9 Å². The largest absolute Gasteiger partial charge is 0.481 e. The molecule has 0 unspecified atom stereocenters. The molecule has 3 rings (SSSR count). The number of benzene rings is 2. The molecule has 1 heterocycles. The van der Waals surface area contributed by atoms with E-state index < -0.39 is 16.1 Å². The SMILES string of the molecule is Cc1ccc(S(=O)(=O)N2CCN(C(=O)[C@H](C)Oc3ccc(Cl)cc3)CC2)cc1. The molecule has 1 saturated heterocycles. The van der Waals surface area contributed by atoms with E-state index in [2.05, 4.69) is 0 Å². The molecule has 0 N–H and O–H groups in total. The maximum atomic E-state index is 12.8. The molecule has 0 aromatic heterocycles. The molecule has 0 aliphatic carbocycles. The Hall–Kier alpha value is -2.09. The smallest absolute Gasteiger partial charge is 0.263 e. The Morgan fingerprint density at radius 1 is 1.00 bits per heavy atom. The zero-order chi connectivity index (χ0) is 20.3. The highest BCUT2D eigenvalue weighted by Crippen LogP contribution is 2.20. The molecule has 0 bridgehead atoms. The second-order valence-corrected chi connectivity index (χ2v) is 9.13. The number of carbonyl (C=O) groups is 1. The number of sulfonamides is 1. The van der Waals surface area contributed by atoms with Crippen LogP contribution in [0.4, 0.5) is 0 Å². The first-order valence-electron chi connectivity index (χ1n) is 9.05. The fourth-order valence-electron chi connectivity index (χ4n) is 3.03. The molecule has 1 atom stereocenters. The highest BCUT2D eigenvalue weighted by molar-refractivity contribution is 7.89. The van der Waals surface area contributed by atoms with Crippen molar-refractivity contribution in [2.24, 2.45) is 0 Å². The summed E-state index contributed by atoms with van der Waals surface area (Å²) in [4.78, 5) is 14.6. The Morgan fingerprint density at radius 3 is 2.14 bits per heavy atom. The summed E-state index contributed by atoms with van der Waals surface area (Å²) >= 11 is 5.85. The van der Waals surface area contributed by atoms with Gasteiger partial charge >= 0.3 is 0 Å². The average molecular weight is 423 g/mol. The molecule has 6 nitrogen and oxygen atoms in total. The monoisotopic (exact) mass is 422 g/mol. The van der Waals surface area contributed by atoms with Crippen LogP contribution in [0.15, 0.2) is 53.4 Å². The van der Waals surface area contributed by atoms with Crippen LogP contribution in [0.5, 0.6) is 5.75 Å². The summed E-state index contributed by atoms with van der Waals surface area (Å²) in [5.41, 5.74) is 1.00. The normalized spacial score (nSPS) is 16.6. The van der Waals surface area contributed by atoms with E-state index in [0.29, 0.717) is 23.9 Å². The highest BCUT2D eigenvalue weighted by atomic mass is 35.5. The van der Waals surface area contributed by atoms with E-state index in [9.17, 15) is 13.2 Å². The zero-order valence-electron chi connectivity index (χ0n) is 15.8. The second kappa shape index (κ2) is 8.51. The summed E-state index contributed by atoms with van der Waals surface area (Å²) < 4.78 is 32.6. The van der Waals surface area contributed by atoms with Crippen LogP contribution in [0.25, 0.3) is 0 Å². The maximum absolute atomic E-state index is 12.8. The van der Waals surface area contributed by atoms with Crippen LogP contribution in [0.2, 0.25) is 5.02 Å². The summed E-state index contributed by atoms with van der Waals surface area (Å²) in [6, 6.07) is 13.6. The molecule has 8 heteroatoms. The molecule has 2 aromatic carbocycles. The Kier molecular flexibility index (Phi) is 6.27. The highest BCUT2D eigenvalue weighted by Gasteiger charge is 2.31. The van der Waals surface area contributed by atoms with Crippen molar-refractivity contribution in [3.05, 3.63) is 59.1 Å². The molecule has 1 aliphatic heterocycles. The first kappa shape index (κ1) is 20.6. The van der Waals surface area contributed by atoms with Gasteiger partial charge in [-0.15, -0.1) is 0 Å². The quantitative estimate of drug-likeness (QED) is 0.743. The summed E-state index contributed by atoms with van der Waals surface area (Å²) in [6.07, 6.45) is -0.665. The molecule has 0 spiro atoms. The van der Waals surface area contributed by atoms with Gasteiger partial charge in [-0.1, -0.05) is 29.3 Å². The number of ether oxygens (including phenoxy) is 1. The van der Waals surface area contributed by atoms with Crippen LogP contribution in [-0.4, -0.2) is 55.8 Å². The number of nitrogens with zero attached hydrogens (tertiary/aromatic N) is 2. The molecular weight excluding hydrogens is 400 g/mol. The van der Waals surface area contributed by atoms with Crippen LogP contribution in [0.3, 0.4) is 0 Å². The lowest BCUT2D eigenvalue weighted by Gasteiger charge is -2.35. The van der Waals surface area contributed by atoms with Crippen LogP contribution >= 0.6 is 11.6 Å². The maximum Gasteiger partial charge on any atom is 0.263 e. The molecule has 28 heavy (non-hydrogen) atoms. The van der Waals surface area contributed by atoms with Crippen molar-refractivity contribution in [1.29, 1.82) is 0 Å². The van der Waals surface area contributed by atoms with Crippen LogP contribution < -0.4 is 4.74 Å². The summed E-state index contributed by atoms with van der Waals surface area (Å²) in [5, 5.41) is 0.595. The lowest BCUT2D eigenvalue weighted by atomic mass is 10.2. The summed E-state index contributed by atoms with van der Waals surface area (Å²) in [5.74, 6) is 0.396. The predicted molar refractivity (Wildman–Crippen MR) is 108 cm³/mol. The molecule has 0 radical (unpaired) electrons. The molecule has 2 aromatic rings. The number of hydrogen-bond donors (Lipinski definition) is 0. The van der Waals surface area contributed by atoms with E-state index in [1.807, 2.05) is 6.92 Å². The van der Waals surface area contributed by atoms with Gasteiger partial charge in [0.05, 0.1) is 4.90 Å². The van der Waals surface area contributed by atoms with Crippen molar-refractivity contribution < 1.29 is 17.9 Å². The number of aryl methyl sites for hydroxylation is 1. The van der Waals surface area contributed by atoms with Crippen LogP contribution in [-0.2, 0) is 14.8 Å². The molecular formula is C20H23ClN2O4S. The van der Waals surface area contributed by atoms with Gasteiger partial charge in [-0.05, 0) is 50.2 Å². The molecule has 1 amide bonds. The van der Waals surface area contributed by atoms with Crippen molar-refractivity contribution in [3.8, 4) is 5.75 Å². The van der Waals surface area contributed by atoms with Crippen LogP contribution in [0.1, 0.15) is 12.5 Å². The van der Waals surface area contributed by atoms with E-state index in [0.717, 1.165) is 5.56 Å². The van der Waals surface area contributed by atoms with E-state index >= 15 is 0 Å². The standard InChI is InChI=1S/C20H23ClN2O4S/c1-15-3-9-19(10-4-15)28(25,26)23-13-11-22(12-14-23)20(24)16(2)27-18-7-5-17(21)6-8-18/h3-10,16H,11-14H2,1-2H3/t16-/m0/s1. The van der Waals surface area contributed by atoms with Gasteiger partial charge in [-0.3, -0.25) is 4.79 Å². The minimum atomic E-state index is -3.55.